The third kappa shape index (κ3) is 4.89. The molecule has 2 aromatic rings. The number of hydrogen-bond donors (Lipinski definition) is 1. The Hall–Kier alpha value is -2.70. The molecule has 1 N–H and O–H groups in total. The van der Waals surface area contributed by atoms with Crippen molar-refractivity contribution in [1.29, 1.82) is 0 Å². The summed E-state index contributed by atoms with van der Waals surface area (Å²) in [6, 6.07) is 5.10. The molecule has 1 fully saturated rings. The van der Waals surface area contributed by atoms with Crippen LogP contribution in [-0.4, -0.2) is 33.6 Å². The Morgan fingerprint density at radius 1 is 1.36 bits per heavy atom. The van der Waals surface area contributed by atoms with Crippen LogP contribution in [-0.2, 0) is 11.3 Å². The van der Waals surface area contributed by atoms with Crippen LogP contribution in [0.3, 0.4) is 0 Å². The van der Waals surface area contributed by atoms with Crippen molar-refractivity contribution in [2.45, 2.75) is 38.1 Å². The van der Waals surface area contributed by atoms with Gasteiger partial charge in [-0.1, -0.05) is 12.8 Å². The molecular formula is C18H22N4O3. The molecule has 0 atom stereocenters. The van der Waals surface area contributed by atoms with Crippen molar-refractivity contribution in [1.82, 2.24) is 19.9 Å². The van der Waals surface area contributed by atoms with Crippen molar-refractivity contribution in [3.63, 3.8) is 0 Å². The fourth-order valence-electron chi connectivity index (χ4n) is 3.00. The normalized spacial score (nSPS) is 14.4. The molecule has 3 rings (SSSR count). The van der Waals surface area contributed by atoms with Gasteiger partial charge < -0.3 is 10.1 Å². The molecule has 1 saturated carbocycles. The van der Waals surface area contributed by atoms with Crippen LogP contribution >= 0.6 is 0 Å². The van der Waals surface area contributed by atoms with E-state index in [1.165, 1.54) is 17.4 Å². The van der Waals surface area contributed by atoms with Crippen molar-refractivity contribution in [2.75, 3.05) is 13.2 Å². The summed E-state index contributed by atoms with van der Waals surface area (Å²) in [5, 5.41) is 2.73. The lowest BCUT2D eigenvalue weighted by atomic mass is 10.0. The number of rotatable bonds is 7. The van der Waals surface area contributed by atoms with E-state index in [0.717, 1.165) is 18.5 Å². The fourth-order valence-corrected chi connectivity index (χ4v) is 3.00. The molecule has 0 unspecified atom stereocenters. The first kappa shape index (κ1) is 17.1. The molecule has 1 amide bonds. The predicted octanol–water partition coefficient (Wildman–Crippen LogP) is 1.49. The molecule has 132 valence electrons. The summed E-state index contributed by atoms with van der Waals surface area (Å²) in [4.78, 5) is 32.2. The number of carbonyl (C=O) groups excluding carboxylic acids is 1. The summed E-state index contributed by atoms with van der Waals surface area (Å²) in [5.41, 5.74) is 0.824. The Kier molecular flexibility index (Phi) is 5.77. The Labute approximate surface area is 146 Å². The molecule has 7 heteroatoms. The molecule has 1 aliphatic carbocycles. The number of ether oxygens (including phenoxy) is 1. The van der Waals surface area contributed by atoms with E-state index in [4.69, 9.17) is 4.74 Å². The summed E-state index contributed by atoms with van der Waals surface area (Å²) in [7, 11) is 0. The minimum atomic E-state index is -0.243. The van der Waals surface area contributed by atoms with Crippen LogP contribution in [0.15, 0.2) is 41.7 Å². The zero-order valence-corrected chi connectivity index (χ0v) is 14.1. The summed E-state index contributed by atoms with van der Waals surface area (Å²) < 4.78 is 6.83. The maximum absolute atomic E-state index is 12.2. The first-order chi connectivity index (χ1) is 12.2. The van der Waals surface area contributed by atoms with E-state index in [1.54, 1.807) is 36.9 Å². The lowest BCUT2D eigenvalue weighted by Gasteiger charge is -2.11. The lowest BCUT2D eigenvalue weighted by Crippen LogP contribution is -2.33. The van der Waals surface area contributed by atoms with Crippen LogP contribution < -0.4 is 15.6 Å². The third-order valence-electron chi connectivity index (χ3n) is 4.35. The molecule has 0 spiro atoms. The van der Waals surface area contributed by atoms with Crippen LogP contribution in [0.4, 0.5) is 0 Å². The number of pyridine rings is 1. The SMILES string of the molecule is O=C(COc1cccnc1)NCCn1cnc(C2CCCC2)cc1=O. The molecule has 0 aliphatic heterocycles. The second-order valence-electron chi connectivity index (χ2n) is 6.15. The summed E-state index contributed by atoms with van der Waals surface area (Å²) >= 11 is 0. The highest BCUT2D eigenvalue weighted by molar-refractivity contribution is 5.77. The minimum absolute atomic E-state index is 0.0715. The lowest BCUT2D eigenvalue weighted by molar-refractivity contribution is -0.123. The topological polar surface area (TPSA) is 86.1 Å². The largest absolute Gasteiger partial charge is 0.482 e. The zero-order chi connectivity index (χ0) is 17.5. The van der Waals surface area contributed by atoms with Gasteiger partial charge >= 0.3 is 0 Å². The first-order valence-electron chi connectivity index (χ1n) is 8.58. The Morgan fingerprint density at radius 2 is 2.20 bits per heavy atom. The highest BCUT2D eigenvalue weighted by Gasteiger charge is 2.18. The van der Waals surface area contributed by atoms with Crippen molar-refractivity contribution in [3.8, 4) is 5.75 Å². The van der Waals surface area contributed by atoms with Crippen molar-refractivity contribution in [2.24, 2.45) is 0 Å². The van der Waals surface area contributed by atoms with Crippen LogP contribution in [0.25, 0.3) is 0 Å². The molecule has 2 aromatic heterocycles. The third-order valence-corrected chi connectivity index (χ3v) is 4.35. The Morgan fingerprint density at radius 3 is 2.92 bits per heavy atom. The molecule has 0 radical (unpaired) electrons. The van der Waals surface area contributed by atoms with Crippen molar-refractivity contribution >= 4 is 5.91 Å². The van der Waals surface area contributed by atoms with Gasteiger partial charge in [0.05, 0.1) is 18.2 Å². The van der Waals surface area contributed by atoms with E-state index in [1.807, 2.05) is 0 Å². The van der Waals surface area contributed by atoms with Gasteiger partial charge in [-0.05, 0) is 25.0 Å². The predicted molar refractivity (Wildman–Crippen MR) is 92.4 cm³/mol. The van der Waals surface area contributed by atoms with E-state index in [-0.39, 0.29) is 18.1 Å². The molecule has 1 aliphatic rings. The van der Waals surface area contributed by atoms with Crippen LogP contribution in [0.2, 0.25) is 0 Å². The van der Waals surface area contributed by atoms with Gasteiger partial charge in [0.15, 0.2) is 6.61 Å². The second-order valence-corrected chi connectivity index (χ2v) is 6.15. The molecule has 7 nitrogen and oxygen atoms in total. The summed E-state index contributed by atoms with van der Waals surface area (Å²) in [6.07, 6.45) is 9.41. The molecule has 25 heavy (non-hydrogen) atoms. The Balaban J connectivity index is 1.43. The van der Waals surface area contributed by atoms with Gasteiger partial charge in [0, 0.05) is 31.3 Å². The van der Waals surface area contributed by atoms with E-state index < -0.39 is 0 Å². The summed E-state index contributed by atoms with van der Waals surface area (Å²) in [6.45, 7) is 0.647. The van der Waals surface area contributed by atoms with Crippen LogP contribution in [0.1, 0.15) is 37.3 Å². The first-order valence-corrected chi connectivity index (χ1v) is 8.58. The zero-order valence-electron chi connectivity index (χ0n) is 14.1. The van der Waals surface area contributed by atoms with Crippen LogP contribution in [0, 0.1) is 0 Å². The molecule has 2 heterocycles. The van der Waals surface area contributed by atoms with Gasteiger partial charge in [-0.2, -0.15) is 0 Å². The number of nitrogens with zero attached hydrogens (tertiary/aromatic N) is 3. The average molecular weight is 342 g/mol. The maximum atomic E-state index is 12.2. The minimum Gasteiger partial charge on any atom is -0.482 e. The Bertz CT molecular complexity index is 754. The van der Waals surface area contributed by atoms with Crippen molar-refractivity contribution < 1.29 is 9.53 Å². The molecule has 0 aromatic carbocycles. The standard InChI is InChI=1S/C18H22N4O3/c23-17(12-25-15-6-3-7-19-11-15)20-8-9-22-13-21-16(10-18(22)24)14-4-1-2-5-14/h3,6-7,10-11,13-14H,1-2,4-5,8-9,12H2,(H,20,23). The van der Waals surface area contributed by atoms with Crippen LogP contribution in [0.5, 0.6) is 5.75 Å². The van der Waals surface area contributed by atoms with Gasteiger partial charge in [0.25, 0.3) is 11.5 Å². The number of aromatic nitrogens is 3. The number of nitrogens with one attached hydrogen (secondary N) is 1. The highest BCUT2D eigenvalue weighted by atomic mass is 16.5. The van der Waals surface area contributed by atoms with Gasteiger partial charge in [-0.15, -0.1) is 0 Å². The quantitative estimate of drug-likeness (QED) is 0.824. The monoisotopic (exact) mass is 342 g/mol. The van der Waals surface area contributed by atoms with Gasteiger partial charge in [-0.3, -0.25) is 19.1 Å². The van der Waals surface area contributed by atoms with E-state index >= 15 is 0 Å². The van der Waals surface area contributed by atoms with Gasteiger partial charge in [0.1, 0.15) is 5.75 Å². The molecular weight excluding hydrogens is 320 g/mol. The second kappa shape index (κ2) is 8.41. The number of amides is 1. The average Bonchev–Trinajstić information content (AvgIpc) is 3.17. The molecule has 0 bridgehead atoms. The number of carbonyl (C=O) groups is 1. The number of hydrogen-bond acceptors (Lipinski definition) is 5. The van der Waals surface area contributed by atoms with Gasteiger partial charge in [0.2, 0.25) is 0 Å². The van der Waals surface area contributed by atoms with Crippen molar-refractivity contribution in [3.05, 3.63) is 53.0 Å². The maximum Gasteiger partial charge on any atom is 0.258 e. The smallest absolute Gasteiger partial charge is 0.258 e. The highest BCUT2D eigenvalue weighted by Crippen LogP contribution is 2.32. The fraction of sp³-hybridized carbons (Fsp3) is 0.444. The van der Waals surface area contributed by atoms with E-state index in [0.29, 0.717) is 24.8 Å². The van der Waals surface area contributed by atoms with Gasteiger partial charge in [-0.25, -0.2) is 4.98 Å². The van der Waals surface area contributed by atoms with E-state index in [2.05, 4.69) is 15.3 Å². The van der Waals surface area contributed by atoms with E-state index in [9.17, 15) is 9.59 Å². The summed E-state index contributed by atoms with van der Waals surface area (Å²) in [5.74, 6) is 0.722. The molecule has 0 saturated heterocycles.